The maximum Gasteiger partial charge on any atom is 0.124 e. The fraction of sp³-hybridized carbons (Fsp3) is 0. The number of rotatable bonds is 0. The first-order valence-electron chi connectivity index (χ1n) is 2.26. The molecule has 0 aliphatic rings. The Morgan fingerprint density at radius 3 is 2.78 bits per heavy atom. The lowest BCUT2D eigenvalue weighted by molar-refractivity contribution is 1.30. The van der Waals surface area contributed by atoms with E-state index in [9.17, 15) is 0 Å². The van der Waals surface area contributed by atoms with Gasteiger partial charge in [0.1, 0.15) is 5.82 Å². The van der Waals surface area contributed by atoms with E-state index in [1.807, 2.05) is 6.07 Å². The van der Waals surface area contributed by atoms with Gasteiger partial charge in [-0.15, -0.1) is 0 Å². The highest BCUT2D eigenvalue weighted by atomic mass is 127. The summed E-state index contributed by atoms with van der Waals surface area (Å²) >= 11 is 5.49. The predicted molar refractivity (Wildman–Crippen MR) is 49.1 cm³/mol. The van der Waals surface area contributed by atoms with E-state index < -0.39 is 0 Å². The molecule has 48 valence electrons. The van der Waals surface area contributed by atoms with Crippen LogP contribution < -0.4 is 5.73 Å². The lowest BCUT2D eigenvalue weighted by Crippen LogP contribution is -1.89. The summed E-state index contributed by atoms with van der Waals surface area (Å²) in [6.07, 6.45) is 1.69. The van der Waals surface area contributed by atoms with Crippen molar-refractivity contribution < 1.29 is 0 Å². The minimum absolute atomic E-state index is 0.558. The van der Waals surface area contributed by atoms with Gasteiger partial charge in [0.25, 0.3) is 0 Å². The third-order valence-corrected chi connectivity index (χ3v) is 3.10. The maximum atomic E-state index is 5.39. The van der Waals surface area contributed by atoms with Crippen LogP contribution in [0.5, 0.6) is 0 Å². The summed E-state index contributed by atoms with van der Waals surface area (Å²) in [5, 5.41) is 0. The lowest BCUT2D eigenvalue weighted by atomic mass is 10.5. The number of hydrogen-bond acceptors (Lipinski definition) is 2. The Bertz CT molecular complexity index is 226. The quantitative estimate of drug-likeness (QED) is 0.745. The van der Waals surface area contributed by atoms with Crippen LogP contribution in [0.1, 0.15) is 0 Å². The zero-order valence-electron chi connectivity index (χ0n) is 4.44. The molecular weight excluding hydrogens is 295 g/mol. The van der Waals surface area contributed by atoms with E-state index in [1.165, 1.54) is 0 Å². The van der Waals surface area contributed by atoms with Crippen molar-refractivity contribution in [1.29, 1.82) is 0 Å². The van der Waals surface area contributed by atoms with Gasteiger partial charge < -0.3 is 5.73 Å². The topological polar surface area (TPSA) is 38.9 Å². The van der Waals surface area contributed by atoms with Crippen LogP contribution in [-0.4, -0.2) is 4.98 Å². The Hall–Kier alpha value is 0.160. The van der Waals surface area contributed by atoms with Crippen LogP contribution in [0.3, 0.4) is 0 Å². The molecule has 1 aromatic rings. The van der Waals surface area contributed by atoms with E-state index in [4.69, 9.17) is 5.73 Å². The summed E-state index contributed by atoms with van der Waals surface area (Å²) in [6.45, 7) is 0. The van der Waals surface area contributed by atoms with Crippen molar-refractivity contribution in [2.75, 3.05) is 5.73 Å². The Balaban J connectivity index is 3.17. The molecule has 1 heterocycles. The van der Waals surface area contributed by atoms with Crippen molar-refractivity contribution in [3.05, 3.63) is 20.3 Å². The molecule has 2 N–H and O–H groups in total. The summed E-state index contributed by atoms with van der Waals surface area (Å²) in [4.78, 5) is 3.87. The standard InChI is InChI=1S/C5H4BrIN2/c6-3-2-9-5(8)1-4(3)7/h1-2H,(H2,8,9). The highest BCUT2D eigenvalue weighted by molar-refractivity contribution is 14.1. The molecule has 1 rings (SSSR count). The van der Waals surface area contributed by atoms with Gasteiger partial charge in [-0.2, -0.15) is 0 Å². The molecule has 1 aromatic heterocycles. The number of hydrogen-bond donors (Lipinski definition) is 1. The molecule has 0 amide bonds. The number of aromatic nitrogens is 1. The van der Waals surface area contributed by atoms with Crippen molar-refractivity contribution in [2.45, 2.75) is 0 Å². The molecule has 0 aliphatic carbocycles. The maximum absolute atomic E-state index is 5.39. The molecular formula is C5H4BrIN2. The van der Waals surface area contributed by atoms with Gasteiger partial charge in [-0.05, 0) is 44.6 Å². The monoisotopic (exact) mass is 298 g/mol. The van der Waals surface area contributed by atoms with Crippen LogP contribution >= 0.6 is 38.5 Å². The van der Waals surface area contributed by atoms with Crippen LogP contribution in [0.4, 0.5) is 5.82 Å². The molecule has 2 nitrogen and oxygen atoms in total. The first-order valence-corrected chi connectivity index (χ1v) is 4.14. The molecule has 0 fully saturated rings. The SMILES string of the molecule is Nc1cc(I)c(Br)cn1. The third-order valence-electron chi connectivity index (χ3n) is 0.830. The zero-order chi connectivity index (χ0) is 6.85. The number of halogens is 2. The van der Waals surface area contributed by atoms with E-state index in [2.05, 4.69) is 43.5 Å². The van der Waals surface area contributed by atoms with Gasteiger partial charge in [-0.1, -0.05) is 0 Å². The molecule has 0 aromatic carbocycles. The smallest absolute Gasteiger partial charge is 0.124 e. The molecule has 4 heteroatoms. The van der Waals surface area contributed by atoms with E-state index in [-0.39, 0.29) is 0 Å². The average molecular weight is 299 g/mol. The van der Waals surface area contributed by atoms with Crippen molar-refractivity contribution in [3.63, 3.8) is 0 Å². The second-order valence-corrected chi connectivity index (χ2v) is 3.54. The molecule has 9 heavy (non-hydrogen) atoms. The Morgan fingerprint density at radius 1 is 1.67 bits per heavy atom. The number of anilines is 1. The zero-order valence-corrected chi connectivity index (χ0v) is 8.18. The summed E-state index contributed by atoms with van der Waals surface area (Å²) in [5.41, 5.74) is 5.39. The molecule has 0 radical (unpaired) electrons. The van der Waals surface area contributed by atoms with Crippen molar-refractivity contribution in [2.24, 2.45) is 0 Å². The average Bonchev–Trinajstić information content (AvgIpc) is 1.80. The van der Waals surface area contributed by atoms with Crippen LogP contribution in [-0.2, 0) is 0 Å². The second-order valence-electron chi connectivity index (χ2n) is 1.52. The molecule has 0 saturated heterocycles. The van der Waals surface area contributed by atoms with E-state index >= 15 is 0 Å². The fourth-order valence-electron chi connectivity index (χ4n) is 0.429. The first kappa shape index (κ1) is 7.27. The van der Waals surface area contributed by atoms with Gasteiger partial charge in [0, 0.05) is 14.2 Å². The van der Waals surface area contributed by atoms with Crippen LogP contribution in [0.15, 0.2) is 16.7 Å². The normalized spacial score (nSPS) is 9.56. The van der Waals surface area contributed by atoms with Crippen LogP contribution in [0.25, 0.3) is 0 Å². The van der Waals surface area contributed by atoms with Crippen molar-refractivity contribution in [1.82, 2.24) is 4.98 Å². The van der Waals surface area contributed by atoms with Gasteiger partial charge in [0.2, 0.25) is 0 Å². The number of nitrogens with two attached hydrogens (primary N) is 1. The molecule has 0 saturated carbocycles. The fourth-order valence-corrected chi connectivity index (χ4v) is 1.10. The Morgan fingerprint density at radius 2 is 2.33 bits per heavy atom. The highest BCUT2D eigenvalue weighted by Crippen LogP contribution is 2.18. The second kappa shape index (κ2) is 2.83. The van der Waals surface area contributed by atoms with Gasteiger partial charge in [0.05, 0.1) is 0 Å². The number of pyridine rings is 1. The van der Waals surface area contributed by atoms with E-state index in [0.29, 0.717) is 5.82 Å². The largest absolute Gasteiger partial charge is 0.384 e. The molecule has 0 bridgehead atoms. The molecule has 0 aliphatic heterocycles. The van der Waals surface area contributed by atoms with Gasteiger partial charge in [-0.3, -0.25) is 0 Å². The molecule has 0 atom stereocenters. The summed E-state index contributed by atoms with van der Waals surface area (Å²) < 4.78 is 2.07. The van der Waals surface area contributed by atoms with E-state index in [0.717, 1.165) is 8.04 Å². The summed E-state index contributed by atoms with van der Waals surface area (Å²) in [6, 6.07) is 1.81. The van der Waals surface area contributed by atoms with Crippen LogP contribution in [0, 0.1) is 3.57 Å². The van der Waals surface area contributed by atoms with Crippen LogP contribution in [0.2, 0.25) is 0 Å². The highest BCUT2D eigenvalue weighted by Gasteiger charge is 1.94. The van der Waals surface area contributed by atoms with Crippen molar-refractivity contribution in [3.8, 4) is 0 Å². The predicted octanol–water partition coefficient (Wildman–Crippen LogP) is 2.03. The molecule has 0 spiro atoms. The Labute approximate surface area is 75.1 Å². The summed E-state index contributed by atoms with van der Waals surface area (Å²) in [5.74, 6) is 0.558. The summed E-state index contributed by atoms with van der Waals surface area (Å²) in [7, 11) is 0. The van der Waals surface area contributed by atoms with Gasteiger partial charge >= 0.3 is 0 Å². The number of nitrogen functional groups attached to an aromatic ring is 1. The van der Waals surface area contributed by atoms with Gasteiger partial charge in [0.15, 0.2) is 0 Å². The minimum atomic E-state index is 0.558. The lowest BCUT2D eigenvalue weighted by Gasteiger charge is -1.94. The first-order chi connectivity index (χ1) is 4.20. The van der Waals surface area contributed by atoms with E-state index in [1.54, 1.807) is 6.20 Å². The van der Waals surface area contributed by atoms with Gasteiger partial charge in [-0.25, -0.2) is 4.98 Å². The Kier molecular flexibility index (Phi) is 2.29. The molecule has 0 unspecified atom stereocenters. The van der Waals surface area contributed by atoms with Crippen molar-refractivity contribution >= 4 is 44.3 Å². The number of nitrogens with zero attached hydrogens (tertiary/aromatic N) is 1. The minimum Gasteiger partial charge on any atom is -0.384 e. The third kappa shape index (κ3) is 1.79.